The summed E-state index contributed by atoms with van der Waals surface area (Å²) in [5, 5.41) is 4.04. The SMILES string of the molecule is CCCc1nc(CN2CCOC(CN(C)C)C2)no1. The van der Waals surface area contributed by atoms with Crippen LogP contribution in [-0.2, 0) is 17.7 Å². The standard InChI is InChI=1S/C13H24N4O2/c1-4-5-13-14-12(15-19-13)10-17-6-7-18-11(9-17)8-16(2)3/h11H,4-10H2,1-3H3. The maximum atomic E-state index is 5.75. The van der Waals surface area contributed by atoms with Crippen molar-refractivity contribution in [3.8, 4) is 0 Å². The molecule has 1 aromatic rings. The molecule has 0 amide bonds. The predicted molar refractivity (Wildman–Crippen MR) is 71.9 cm³/mol. The molecule has 0 bridgehead atoms. The first-order valence-electron chi connectivity index (χ1n) is 6.97. The minimum atomic E-state index is 0.269. The average Bonchev–Trinajstić information content (AvgIpc) is 2.76. The zero-order valence-electron chi connectivity index (χ0n) is 12.1. The molecule has 2 heterocycles. The van der Waals surface area contributed by atoms with E-state index in [1.807, 2.05) is 0 Å². The normalized spacial score (nSPS) is 21.2. The van der Waals surface area contributed by atoms with Gasteiger partial charge in [-0.2, -0.15) is 4.98 Å². The summed E-state index contributed by atoms with van der Waals surface area (Å²) < 4.78 is 11.0. The Labute approximate surface area is 114 Å². The van der Waals surface area contributed by atoms with Crippen molar-refractivity contribution in [3.63, 3.8) is 0 Å². The van der Waals surface area contributed by atoms with E-state index in [1.165, 1.54) is 0 Å². The second-order valence-corrected chi connectivity index (χ2v) is 5.34. The van der Waals surface area contributed by atoms with Crippen molar-refractivity contribution in [2.75, 3.05) is 40.3 Å². The molecule has 19 heavy (non-hydrogen) atoms. The summed E-state index contributed by atoms with van der Waals surface area (Å²) in [6.07, 6.45) is 2.16. The number of likely N-dealkylation sites (N-methyl/N-ethyl adjacent to an activating group) is 1. The summed E-state index contributed by atoms with van der Waals surface area (Å²) in [7, 11) is 4.14. The van der Waals surface area contributed by atoms with Crippen LogP contribution < -0.4 is 0 Å². The molecular formula is C13H24N4O2. The Hall–Kier alpha value is -0.980. The molecule has 6 heteroatoms. The fraction of sp³-hybridized carbons (Fsp3) is 0.846. The zero-order chi connectivity index (χ0) is 13.7. The number of rotatable bonds is 6. The van der Waals surface area contributed by atoms with E-state index in [-0.39, 0.29) is 6.10 Å². The summed E-state index contributed by atoms with van der Waals surface area (Å²) in [5.74, 6) is 1.53. The smallest absolute Gasteiger partial charge is 0.226 e. The number of aromatic nitrogens is 2. The van der Waals surface area contributed by atoms with Gasteiger partial charge in [0, 0.05) is 26.1 Å². The van der Waals surface area contributed by atoms with Gasteiger partial charge in [0.25, 0.3) is 0 Å². The van der Waals surface area contributed by atoms with Gasteiger partial charge < -0.3 is 14.2 Å². The molecule has 0 N–H and O–H groups in total. The van der Waals surface area contributed by atoms with Crippen LogP contribution in [0.1, 0.15) is 25.1 Å². The molecule has 1 atom stereocenters. The first-order chi connectivity index (χ1) is 9.17. The van der Waals surface area contributed by atoms with E-state index >= 15 is 0 Å². The van der Waals surface area contributed by atoms with Gasteiger partial charge in [-0.1, -0.05) is 12.1 Å². The molecule has 1 aliphatic heterocycles. The molecular weight excluding hydrogens is 244 g/mol. The molecule has 2 rings (SSSR count). The lowest BCUT2D eigenvalue weighted by atomic mass is 10.2. The van der Waals surface area contributed by atoms with Gasteiger partial charge in [-0.15, -0.1) is 0 Å². The Morgan fingerprint density at radius 1 is 1.42 bits per heavy atom. The second kappa shape index (κ2) is 6.98. The van der Waals surface area contributed by atoms with Gasteiger partial charge in [-0.3, -0.25) is 4.90 Å². The number of aryl methyl sites for hydroxylation is 1. The van der Waals surface area contributed by atoms with Crippen LogP contribution in [0.3, 0.4) is 0 Å². The highest BCUT2D eigenvalue weighted by atomic mass is 16.5. The third kappa shape index (κ3) is 4.56. The monoisotopic (exact) mass is 268 g/mol. The van der Waals surface area contributed by atoms with Gasteiger partial charge >= 0.3 is 0 Å². The predicted octanol–water partition coefficient (Wildman–Crippen LogP) is 0.785. The first-order valence-corrected chi connectivity index (χ1v) is 6.97. The largest absolute Gasteiger partial charge is 0.374 e. The van der Waals surface area contributed by atoms with E-state index in [4.69, 9.17) is 9.26 Å². The Balaban J connectivity index is 1.83. The number of morpholine rings is 1. The van der Waals surface area contributed by atoms with Crippen molar-refractivity contribution in [2.24, 2.45) is 0 Å². The summed E-state index contributed by atoms with van der Waals surface area (Å²) in [5.41, 5.74) is 0. The Bertz CT molecular complexity index is 380. The van der Waals surface area contributed by atoms with E-state index in [9.17, 15) is 0 Å². The lowest BCUT2D eigenvalue weighted by Gasteiger charge is -2.33. The van der Waals surface area contributed by atoms with Crippen molar-refractivity contribution >= 4 is 0 Å². The molecule has 0 radical (unpaired) electrons. The highest BCUT2D eigenvalue weighted by Crippen LogP contribution is 2.10. The van der Waals surface area contributed by atoms with Crippen LogP contribution in [-0.4, -0.2) is 66.4 Å². The van der Waals surface area contributed by atoms with Crippen LogP contribution in [0.4, 0.5) is 0 Å². The number of hydrogen-bond donors (Lipinski definition) is 0. The van der Waals surface area contributed by atoms with E-state index in [1.54, 1.807) is 0 Å². The Kier molecular flexibility index (Phi) is 5.30. The fourth-order valence-corrected chi connectivity index (χ4v) is 2.31. The van der Waals surface area contributed by atoms with Crippen LogP contribution in [0.25, 0.3) is 0 Å². The van der Waals surface area contributed by atoms with Crippen molar-refractivity contribution < 1.29 is 9.26 Å². The Morgan fingerprint density at radius 3 is 3.00 bits per heavy atom. The van der Waals surface area contributed by atoms with Crippen molar-refractivity contribution in [2.45, 2.75) is 32.4 Å². The molecule has 1 fully saturated rings. The average molecular weight is 268 g/mol. The molecule has 1 aromatic heterocycles. The van der Waals surface area contributed by atoms with Gasteiger partial charge in [0.05, 0.1) is 19.3 Å². The lowest BCUT2D eigenvalue weighted by molar-refractivity contribution is -0.0414. The first kappa shape index (κ1) is 14.4. The van der Waals surface area contributed by atoms with Crippen molar-refractivity contribution in [1.29, 1.82) is 0 Å². The summed E-state index contributed by atoms with van der Waals surface area (Å²) >= 11 is 0. The molecule has 0 saturated carbocycles. The topological polar surface area (TPSA) is 54.6 Å². The lowest BCUT2D eigenvalue weighted by Crippen LogP contribution is -2.46. The number of ether oxygens (including phenoxy) is 1. The van der Waals surface area contributed by atoms with Crippen molar-refractivity contribution in [3.05, 3.63) is 11.7 Å². The second-order valence-electron chi connectivity index (χ2n) is 5.34. The molecule has 1 saturated heterocycles. The van der Waals surface area contributed by atoms with Crippen LogP contribution >= 0.6 is 0 Å². The summed E-state index contributed by atoms with van der Waals surface area (Å²) in [4.78, 5) is 8.90. The molecule has 108 valence electrons. The minimum Gasteiger partial charge on any atom is -0.374 e. The third-order valence-corrected chi connectivity index (χ3v) is 3.13. The molecule has 1 aliphatic rings. The summed E-state index contributed by atoms with van der Waals surface area (Å²) in [6, 6.07) is 0. The number of hydrogen-bond acceptors (Lipinski definition) is 6. The summed E-state index contributed by atoms with van der Waals surface area (Å²) in [6.45, 7) is 6.44. The van der Waals surface area contributed by atoms with Crippen LogP contribution in [0.15, 0.2) is 4.52 Å². The third-order valence-electron chi connectivity index (χ3n) is 3.13. The fourth-order valence-electron chi connectivity index (χ4n) is 2.31. The van der Waals surface area contributed by atoms with E-state index < -0.39 is 0 Å². The van der Waals surface area contributed by atoms with Crippen LogP contribution in [0.5, 0.6) is 0 Å². The molecule has 0 aliphatic carbocycles. The Morgan fingerprint density at radius 2 is 2.26 bits per heavy atom. The van der Waals surface area contributed by atoms with Gasteiger partial charge in [-0.05, 0) is 20.5 Å². The molecule has 1 unspecified atom stereocenters. The van der Waals surface area contributed by atoms with E-state index in [0.29, 0.717) is 0 Å². The molecule has 0 aromatic carbocycles. The minimum absolute atomic E-state index is 0.269. The van der Waals surface area contributed by atoms with Gasteiger partial charge in [0.1, 0.15) is 0 Å². The van der Waals surface area contributed by atoms with Gasteiger partial charge in [0.2, 0.25) is 5.89 Å². The highest BCUT2D eigenvalue weighted by Gasteiger charge is 2.22. The van der Waals surface area contributed by atoms with Crippen molar-refractivity contribution in [1.82, 2.24) is 19.9 Å². The maximum Gasteiger partial charge on any atom is 0.226 e. The van der Waals surface area contributed by atoms with Gasteiger partial charge in [0.15, 0.2) is 5.82 Å². The van der Waals surface area contributed by atoms with E-state index in [0.717, 1.165) is 57.3 Å². The highest BCUT2D eigenvalue weighted by molar-refractivity contribution is 4.87. The van der Waals surface area contributed by atoms with Gasteiger partial charge in [-0.25, -0.2) is 0 Å². The van der Waals surface area contributed by atoms with Crippen LogP contribution in [0, 0.1) is 0 Å². The van der Waals surface area contributed by atoms with E-state index in [2.05, 4.69) is 41.0 Å². The maximum absolute atomic E-state index is 5.75. The molecule has 0 spiro atoms. The molecule has 6 nitrogen and oxygen atoms in total. The number of nitrogens with zero attached hydrogens (tertiary/aromatic N) is 4. The zero-order valence-corrected chi connectivity index (χ0v) is 12.1. The van der Waals surface area contributed by atoms with Crippen LogP contribution in [0.2, 0.25) is 0 Å². The quantitative estimate of drug-likeness (QED) is 0.760.